The summed E-state index contributed by atoms with van der Waals surface area (Å²) in [5.41, 5.74) is 2.41. The molecule has 0 spiro atoms. The minimum atomic E-state index is -3.44. The first kappa shape index (κ1) is 19.1. The van der Waals surface area contributed by atoms with Gasteiger partial charge in [0.2, 0.25) is 10.0 Å². The van der Waals surface area contributed by atoms with Gasteiger partial charge in [0.1, 0.15) is 0 Å². The molecule has 1 aliphatic heterocycles. The van der Waals surface area contributed by atoms with Crippen molar-refractivity contribution in [2.24, 2.45) is 0 Å². The van der Waals surface area contributed by atoms with Crippen LogP contribution in [0.2, 0.25) is 0 Å². The van der Waals surface area contributed by atoms with Crippen LogP contribution in [-0.2, 0) is 23.0 Å². The van der Waals surface area contributed by atoms with E-state index in [1.807, 2.05) is 30.3 Å². The number of nitrogens with zero attached hydrogens (tertiary/aromatic N) is 2. The van der Waals surface area contributed by atoms with Crippen LogP contribution in [0.25, 0.3) is 0 Å². The van der Waals surface area contributed by atoms with E-state index in [4.69, 9.17) is 0 Å². The second-order valence-electron chi connectivity index (χ2n) is 7.18. The number of rotatable bonds is 5. The van der Waals surface area contributed by atoms with Gasteiger partial charge in [-0.15, -0.1) is 0 Å². The molecule has 0 N–H and O–H groups in total. The standard InChI is InChI=1S/C21H28N2O2S/c1-4-19-10-12-21(13-11-19)26(24,25)22-14-17(2)23(18(3)15-22)16-20-8-6-5-7-9-20/h5-13,17-18H,4,14-16H2,1-3H3. The van der Waals surface area contributed by atoms with Crippen LogP contribution in [0.5, 0.6) is 0 Å². The van der Waals surface area contributed by atoms with Gasteiger partial charge in [-0.3, -0.25) is 4.90 Å². The molecule has 1 aliphatic rings. The van der Waals surface area contributed by atoms with Gasteiger partial charge in [0.15, 0.2) is 0 Å². The molecule has 0 aromatic heterocycles. The summed E-state index contributed by atoms with van der Waals surface area (Å²) < 4.78 is 27.7. The van der Waals surface area contributed by atoms with Crippen molar-refractivity contribution < 1.29 is 8.42 Å². The Hall–Kier alpha value is -1.69. The lowest BCUT2D eigenvalue weighted by Gasteiger charge is -2.43. The Balaban J connectivity index is 1.75. The number of piperazine rings is 1. The third-order valence-corrected chi connectivity index (χ3v) is 7.09. The summed E-state index contributed by atoms with van der Waals surface area (Å²) >= 11 is 0. The molecule has 2 atom stereocenters. The number of hydrogen-bond acceptors (Lipinski definition) is 3. The molecule has 5 heteroatoms. The average Bonchev–Trinajstić information content (AvgIpc) is 2.65. The van der Waals surface area contributed by atoms with E-state index in [0.29, 0.717) is 18.0 Å². The maximum atomic E-state index is 13.1. The molecule has 2 unspecified atom stereocenters. The van der Waals surface area contributed by atoms with Crippen LogP contribution < -0.4 is 0 Å². The van der Waals surface area contributed by atoms with E-state index in [9.17, 15) is 8.42 Å². The molecule has 0 amide bonds. The topological polar surface area (TPSA) is 40.6 Å². The molecule has 1 saturated heterocycles. The Labute approximate surface area is 157 Å². The molecular weight excluding hydrogens is 344 g/mol. The number of sulfonamides is 1. The van der Waals surface area contributed by atoms with Crippen molar-refractivity contribution in [3.8, 4) is 0 Å². The van der Waals surface area contributed by atoms with Crippen LogP contribution in [0.4, 0.5) is 0 Å². The molecule has 0 saturated carbocycles. The van der Waals surface area contributed by atoms with Gasteiger partial charge in [-0.2, -0.15) is 4.31 Å². The fourth-order valence-electron chi connectivity index (χ4n) is 3.66. The maximum Gasteiger partial charge on any atom is 0.243 e. The highest BCUT2D eigenvalue weighted by Crippen LogP contribution is 2.25. The van der Waals surface area contributed by atoms with Crippen LogP contribution in [0.1, 0.15) is 31.9 Å². The normalized spacial score (nSPS) is 22.4. The highest BCUT2D eigenvalue weighted by Gasteiger charge is 2.35. The summed E-state index contributed by atoms with van der Waals surface area (Å²) in [5.74, 6) is 0. The summed E-state index contributed by atoms with van der Waals surface area (Å²) in [4.78, 5) is 2.78. The zero-order valence-electron chi connectivity index (χ0n) is 15.8. The first-order valence-corrected chi connectivity index (χ1v) is 10.7. The van der Waals surface area contributed by atoms with Crippen molar-refractivity contribution in [2.75, 3.05) is 13.1 Å². The van der Waals surface area contributed by atoms with Crippen molar-refractivity contribution in [2.45, 2.75) is 50.7 Å². The van der Waals surface area contributed by atoms with Gasteiger partial charge >= 0.3 is 0 Å². The highest BCUT2D eigenvalue weighted by molar-refractivity contribution is 7.89. The summed E-state index contributed by atoms with van der Waals surface area (Å²) in [7, 11) is -3.44. The SMILES string of the molecule is CCc1ccc(S(=O)(=O)N2CC(C)N(Cc3ccccc3)C(C)C2)cc1. The van der Waals surface area contributed by atoms with Gasteiger partial charge in [-0.1, -0.05) is 49.4 Å². The molecule has 2 aromatic rings. The molecule has 0 aliphatic carbocycles. The summed E-state index contributed by atoms with van der Waals surface area (Å²) in [6.45, 7) is 8.19. The van der Waals surface area contributed by atoms with Crippen molar-refractivity contribution in [1.82, 2.24) is 9.21 Å². The average molecular weight is 373 g/mol. The largest absolute Gasteiger partial charge is 0.291 e. The van der Waals surface area contributed by atoms with Crippen LogP contribution in [0.3, 0.4) is 0 Å². The molecule has 4 nitrogen and oxygen atoms in total. The Bertz CT molecular complexity index is 807. The van der Waals surface area contributed by atoms with E-state index in [-0.39, 0.29) is 12.1 Å². The van der Waals surface area contributed by atoms with Gasteiger partial charge in [-0.05, 0) is 43.5 Å². The third kappa shape index (κ3) is 4.00. The van der Waals surface area contributed by atoms with Gasteiger partial charge in [-0.25, -0.2) is 8.42 Å². The fraction of sp³-hybridized carbons (Fsp3) is 0.429. The number of aryl methyl sites for hydroxylation is 1. The molecule has 2 aromatic carbocycles. The Morgan fingerprint density at radius 1 is 0.885 bits per heavy atom. The van der Waals surface area contributed by atoms with E-state index in [1.54, 1.807) is 16.4 Å². The van der Waals surface area contributed by atoms with Gasteiger partial charge < -0.3 is 0 Å². The number of benzene rings is 2. The third-order valence-electron chi connectivity index (χ3n) is 5.25. The second kappa shape index (κ2) is 7.91. The zero-order chi connectivity index (χ0) is 18.7. The van der Waals surface area contributed by atoms with Crippen molar-refractivity contribution in [3.05, 3.63) is 65.7 Å². The summed E-state index contributed by atoms with van der Waals surface area (Å²) in [5, 5.41) is 0. The van der Waals surface area contributed by atoms with E-state index >= 15 is 0 Å². The molecular formula is C21H28N2O2S. The fourth-order valence-corrected chi connectivity index (χ4v) is 5.26. The molecule has 140 valence electrons. The lowest BCUT2D eigenvalue weighted by atomic mass is 10.1. The predicted molar refractivity (Wildman–Crippen MR) is 105 cm³/mol. The quantitative estimate of drug-likeness (QED) is 0.806. The van der Waals surface area contributed by atoms with Gasteiger partial charge in [0, 0.05) is 31.7 Å². The Morgan fingerprint density at radius 2 is 1.46 bits per heavy atom. The Morgan fingerprint density at radius 3 is 2.00 bits per heavy atom. The molecule has 1 fully saturated rings. The second-order valence-corrected chi connectivity index (χ2v) is 9.11. The van der Waals surface area contributed by atoms with Gasteiger partial charge in [0.25, 0.3) is 0 Å². The lowest BCUT2D eigenvalue weighted by molar-refractivity contribution is 0.0699. The molecule has 3 rings (SSSR count). The van der Waals surface area contributed by atoms with Crippen LogP contribution >= 0.6 is 0 Å². The van der Waals surface area contributed by atoms with Crippen LogP contribution in [-0.4, -0.2) is 42.8 Å². The van der Waals surface area contributed by atoms with Gasteiger partial charge in [0.05, 0.1) is 4.90 Å². The monoisotopic (exact) mass is 372 g/mol. The van der Waals surface area contributed by atoms with E-state index < -0.39 is 10.0 Å². The van der Waals surface area contributed by atoms with Crippen molar-refractivity contribution in [3.63, 3.8) is 0 Å². The number of hydrogen-bond donors (Lipinski definition) is 0. The highest BCUT2D eigenvalue weighted by atomic mass is 32.2. The molecule has 26 heavy (non-hydrogen) atoms. The summed E-state index contributed by atoms with van der Waals surface area (Å²) in [6, 6.07) is 18.0. The van der Waals surface area contributed by atoms with Crippen molar-refractivity contribution >= 4 is 10.0 Å². The van der Waals surface area contributed by atoms with Crippen LogP contribution in [0.15, 0.2) is 59.5 Å². The summed E-state index contributed by atoms with van der Waals surface area (Å²) in [6.07, 6.45) is 0.909. The van der Waals surface area contributed by atoms with Crippen LogP contribution in [0, 0.1) is 0 Å². The lowest BCUT2D eigenvalue weighted by Crippen LogP contribution is -2.57. The van der Waals surface area contributed by atoms with Crippen molar-refractivity contribution in [1.29, 1.82) is 0 Å². The first-order valence-electron chi connectivity index (χ1n) is 9.30. The minimum absolute atomic E-state index is 0.170. The first-order chi connectivity index (χ1) is 12.4. The van der Waals surface area contributed by atoms with E-state index in [1.165, 1.54) is 5.56 Å². The molecule has 0 radical (unpaired) electrons. The maximum absolute atomic E-state index is 13.1. The minimum Gasteiger partial charge on any atom is -0.291 e. The predicted octanol–water partition coefficient (Wildman–Crippen LogP) is 3.53. The zero-order valence-corrected chi connectivity index (χ0v) is 16.6. The van der Waals surface area contributed by atoms with E-state index in [0.717, 1.165) is 18.5 Å². The molecule has 1 heterocycles. The van der Waals surface area contributed by atoms with E-state index in [2.05, 4.69) is 37.8 Å². The smallest absolute Gasteiger partial charge is 0.243 e. The molecule has 0 bridgehead atoms. The Kier molecular flexibility index (Phi) is 5.80.